The van der Waals surface area contributed by atoms with E-state index in [4.69, 9.17) is 16.3 Å². The molecule has 9 heteroatoms. The molecule has 0 bridgehead atoms. The SMILES string of the molecule is CCCCOc1cc(/C=C/C(=O)[O-])n(Cc2ccc(C(F)(F)F)cc2Cl)n1. The Morgan fingerprint density at radius 3 is 2.70 bits per heavy atom. The van der Waals surface area contributed by atoms with Crippen molar-refractivity contribution in [2.24, 2.45) is 0 Å². The molecule has 0 aliphatic carbocycles. The van der Waals surface area contributed by atoms with Crippen LogP contribution in [0.2, 0.25) is 5.02 Å². The van der Waals surface area contributed by atoms with E-state index in [-0.39, 0.29) is 17.4 Å². The van der Waals surface area contributed by atoms with Gasteiger partial charge in [0.1, 0.15) is 0 Å². The Labute approximate surface area is 159 Å². The fourth-order valence-electron chi connectivity index (χ4n) is 2.23. The Morgan fingerprint density at radius 2 is 2.11 bits per heavy atom. The van der Waals surface area contributed by atoms with Crippen molar-refractivity contribution in [3.63, 3.8) is 0 Å². The van der Waals surface area contributed by atoms with Crippen molar-refractivity contribution in [2.75, 3.05) is 6.61 Å². The molecule has 27 heavy (non-hydrogen) atoms. The molecule has 146 valence electrons. The maximum atomic E-state index is 12.8. The van der Waals surface area contributed by atoms with E-state index in [1.807, 2.05) is 6.92 Å². The molecule has 0 amide bonds. The number of aliphatic carboxylic acids is 1. The summed E-state index contributed by atoms with van der Waals surface area (Å²) in [5.41, 5.74) is -0.0602. The molecule has 5 nitrogen and oxygen atoms in total. The van der Waals surface area contributed by atoms with Gasteiger partial charge in [0, 0.05) is 11.1 Å². The van der Waals surface area contributed by atoms with E-state index in [9.17, 15) is 23.1 Å². The normalized spacial score (nSPS) is 11.9. The van der Waals surface area contributed by atoms with Crippen LogP contribution in [0, 0.1) is 0 Å². The maximum Gasteiger partial charge on any atom is 0.416 e. The van der Waals surface area contributed by atoms with Crippen LogP contribution < -0.4 is 9.84 Å². The van der Waals surface area contributed by atoms with Crippen LogP contribution in [0.4, 0.5) is 13.2 Å². The first kappa shape index (κ1) is 20.8. The number of benzene rings is 1. The molecule has 0 N–H and O–H groups in total. The number of carboxylic acids is 1. The second-order valence-corrected chi connectivity index (χ2v) is 6.13. The molecule has 0 saturated heterocycles. The highest BCUT2D eigenvalue weighted by Gasteiger charge is 2.30. The highest BCUT2D eigenvalue weighted by molar-refractivity contribution is 6.31. The van der Waals surface area contributed by atoms with E-state index in [1.54, 1.807) is 0 Å². The molecule has 0 radical (unpaired) electrons. The summed E-state index contributed by atoms with van der Waals surface area (Å²) in [4.78, 5) is 10.7. The molecular weight excluding hydrogens is 385 g/mol. The molecule has 1 aromatic carbocycles. The van der Waals surface area contributed by atoms with Gasteiger partial charge in [0.15, 0.2) is 0 Å². The molecular formula is C18H17ClF3N2O3-. The summed E-state index contributed by atoms with van der Waals surface area (Å²) in [5.74, 6) is -1.10. The lowest BCUT2D eigenvalue weighted by Crippen LogP contribution is -2.18. The van der Waals surface area contributed by atoms with Gasteiger partial charge in [-0.1, -0.05) is 31.0 Å². The summed E-state index contributed by atoms with van der Waals surface area (Å²) in [6.07, 6.45) is -0.637. The van der Waals surface area contributed by atoms with Crippen LogP contribution in [0.5, 0.6) is 5.88 Å². The van der Waals surface area contributed by atoms with Gasteiger partial charge < -0.3 is 14.6 Å². The van der Waals surface area contributed by atoms with Gasteiger partial charge in [-0.2, -0.15) is 13.2 Å². The summed E-state index contributed by atoms with van der Waals surface area (Å²) in [5, 5.41) is 14.8. The Morgan fingerprint density at radius 1 is 1.37 bits per heavy atom. The maximum absolute atomic E-state index is 12.8. The molecule has 0 spiro atoms. The van der Waals surface area contributed by atoms with Crippen LogP contribution in [-0.4, -0.2) is 22.4 Å². The average Bonchev–Trinajstić information content (AvgIpc) is 2.96. The van der Waals surface area contributed by atoms with Crippen molar-refractivity contribution < 1.29 is 27.8 Å². The number of nitrogens with zero attached hydrogens (tertiary/aromatic N) is 2. The number of hydrogen-bond acceptors (Lipinski definition) is 4. The third kappa shape index (κ3) is 6.02. The molecule has 0 saturated carbocycles. The zero-order valence-corrected chi connectivity index (χ0v) is 15.2. The minimum absolute atomic E-state index is 0.0425. The number of carbonyl (C=O) groups excluding carboxylic acids is 1. The summed E-state index contributed by atoms with van der Waals surface area (Å²) >= 11 is 5.98. The van der Waals surface area contributed by atoms with Gasteiger partial charge >= 0.3 is 6.18 Å². The van der Waals surface area contributed by atoms with Crippen LogP contribution in [0.25, 0.3) is 6.08 Å². The van der Waals surface area contributed by atoms with Crippen molar-refractivity contribution in [3.05, 3.63) is 52.2 Å². The van der Waals surface area contributed by atoms with Gasteiger partial charge in [0.25, 0.3) is 0 Å². The van der Waals surface area contributed by atoms with Crippen molar-refractivity contribution in [2.45, 2.75) is 32.5 Å². The molecule has 0 fully saturated rings. The van der Waals surface area contributed by atoms with E-state index in [0.29, 0.717) is 17.9 Å². The third-order valence-electron chi connectivity index (χ3n) is 3.63. The van der Waals surface area contributed by atoms with E-state index >= 15 is 0 Å². The van der Waals surface area contributed by atoms with Gasteiger partial charge in [-0.3, -0.25) is 4.68 Å². The highest BCUT2D eigenvalue weighted by Crippen LogP contribution is 2.32. The molecule has 2 rings (SSSR count). The number of unbranched alkanes of at least 4 members (excludes halogenated alkanes) is 1. The van der Waals surface area contributed by atoms with E-state index in [0.717, 1.165) is 31.1 Å². The van der Waals surface area contributed by atoms with Gasteiger partial charge in [0.2, 0.25) is 5.88 Å². The van der Waals surface area contributed by atoms with E-state index in [1.165, 1.54) is 22.9 Å². The van der Waals surface area contributed by atoms with Crippen molar-refractivity contribution in [3.8, 4) is 5.88 Å². The summed E-state index contributed by atoms with van der Waals surface area (Å²) in [6, 6.07) is 4.57. The molecule has 0 aliphatic rings. The molecule has 1 heterocycles. The second kappa shape index (κ2) is 8.94. The first-order chi connectivity index (χ1) is 12.7. The van der Waals surface area contributed by atoms with Crippen molar-refractivity contribution >= 4 is 23.6 Å². The number of carboxylic acid groups (broad SMARTS) is 1. The van der Waals surface area contributed by atoms with Crippen LogP contribution in [0.3, 0.4) is 0 Å². The van der Waals surface area contributed by atoms with Crippen LogP contribution in [0.1, 0.15) is 36.6 Å². The third-order valence-corrected chi connectivity index (χ3v) is 3.98. The van der Waals surface area contributed by atoms with Crippen LogP contribution in [0.15, 0.2) is 30.3 Å². The quantitative estimate of drug-likeness (QED) is 0.501. The minimum Gasteiger partial charge on any atom is -0.545 e. The van der Waals surface area contributed by atoms with Crippen molar-refractivity contribution in [1.29, 1.82) is 0 Å². The lowest BCUT2D eigenvalue weighted by molar-refractivity contribution is -0.297. The molecule has 0 aliphatic heterocycles. The highest BCUT2D eigenvalue weighted by atomic mass is 35.5. The first-order valence-electron chi connectivity index (χ1n) is 8.16. The van der Waals surface area contributed by atoms with Gasteiger partial charge in [0.05, 0.1) is 30.4 Å². The number of ether oxygens (including phenoxy) is 1. The number of halogens is 4. The van der Waals surface area contributed by atoms with Gasteiger partial charge in [-0.05, 0) is 36.3 Å². The summed E-state index contributed by atoms with van der Waals surface area (Å²) in [7, 11) is 0. The minimum atomic E-state index is -4.49. The summed E-state index contributed by atoms with van der Waals surface area (Å²) in [6.45, 7) is 2.49. The topological polar surface area (TPSA) is 67.2 Å². The van der Waals surface area contributed by atoms with E-state index in [2.05, 4.69) is 5.10 Å². The lowest BCUT2D eigenvalue weighted by atomic mass is 10.1. The molecule has 0 atom stereocenters. The smallest absolute Gasteiger partial charge is 0.416 e. The number of carbonyl (C=O) groups is 1. The first-order valence-corrected chi connectivity index (χ1v) is 8.54. The zero-order chi connectivity index (χ0) is 20.0. The number of rotatable bonds is 8. The predicted octanol–water partition coefficient (Wildman–Crippen LogP) is 3.55. The average molecular weight is 402 g/mol. The standard InChI is InChI=1S/C18H18ClF3N2O3/c1-2-3-8-27-16-10-14(6-7-17(25)26)24(23-16)11-12-4-5-13(9-15(12)19)18(20,21)22/h4-7,9-10H,2-3,8,11H2,1H3,(H,25,26)/p-1/b7-6+. The second-order valence-electron chi connectivity index (χ2n) is 5.72. The number of aromatic nitrogens is 2. The van der Waals surface area contributed by atoms with Gasteiger partial charge in [-0.25, -0.2) is 0 Å². The van der Waals surface area contributed by atoms with Gasteiger partial charge in [-0.15, -0.1) is 5.10 Å². The van der Waals surface area contributed by atoms with Crippen molar-refractivity contribution in [1.82, 2.24) is 9.78 Å². The molecule has 0 unspecified atom stereocenters. The Balaban J connectivity index is 2.29. The lowest BCUT2D eigenvalue weighted by Gasteiger charge is -2.11. The fraction of sp³-hybridized carbons (Fsp3) is 0.333. The predicted molar refractivity (Wildman–Crippen MR) is 92.2 cm³/mol. The monoisotopic (exact) mass is 401 g/mol. The largest absolute Gasteiger partial charge is 0.545 e. The van der Waals surface area contributed by atoms with Crippen LogP contribution >= 0.6 is 11.6 Å². The Bertz CT molecular complexity index is 832. The Hall–Kier alpha value is -2.48. The Kier molecular flexibility index (Phi) is 6.90. The molecule has 2 aromatic rings. The number of hydrogen-bond donors (Lipinski definition) is 0. The fourth-order valence-corrected chi connectivity index (χ4v) is 2.47. The van der Waals surface area contributed by atoms with E-state index < -0.39 is 17.7 Å². The zero-order valence-electron chi connectivity index (χ0n) is 14.4. The molecule has 1 aromatic heterocycles. The number of alkyl halides is 3. The van der Waals surface area contributed by atoms with Crippen LogP contribution in [-0.2, 0) is 17.5 Å². The summed E-state index contributed by atoms with van der Waals surface area (Å²) < 4.78 is 45.2.